The van der Waals surface area contributed by atoms with Crippen LogP contribution in [-0.2, 0) is 11.3 Å². The first-order chi connectivity index (χ1) is 16.5. The number of rotatable bonds is 8. The maximum Gasteiger partial charge on any atom is 0.338 e. The van der Waals surface area contributed by atoms with E-state index in [0.717, 1.165) is 34.9 Å². The van der Waals surface area contributed by atoms with E-state index in [-0.39, 0.29) is 11.7 Å². The normalized spacial score (nSPS) is 13.2. The van der Waals surface area contributed by atoms with E-state index >= 15 is 0 Å². The fraction of sp³-hybridized carbons (Fsp3) is 0.222. The van der Waals surface area contributed by atoms with Crippen LogP contribution in [0.5, 0.6) is 0 Å². The summed E-state index contributed by atoms with van der Waals surface area (Å²) in [6.45, 7) is 3.30. The van der Waals surface area contributed by atoms with Gasteiger partial charge in [0, 0.05) is 17.7 Å². The zero-order valence-electron chi connectivity index (χ0n) is 18.6. The molecule has 6 nitrogen and oxygen atoms in total. The molecule has 0 saturated heterocycles. The van der Waals surface area contributed by atoms with Crippen LogP contribution < -0.4 is 0 Å². The van der Waals surface area contributed by atoms with Gasteiger partial charge in [-0.1, -0.05) is 35.5 Å². The molecule has 0 aliphatic heterocycles. The summed E-state index contributed by atoms with van der Waals surface area (Å²) < 4.78 is 25.6. The predicted molar refractivity (Wildman–Crippen MR) is 125 cm³/mol. The van der Waals surface area contributed by atoms with Gasteiger partial charge < -0.3 is 14.4 Å². The number of aryl methyl sites for hydroxylation is 1. The second-order valence-corrected chi connectivity index (χ2v) is 8.57. The van der Waals surface area contributed by atoms with Crippen molar-refractivity contribution in [1.82, 2.24) is 10.1 Å². The highest BCUT2D eigenvalue weighted by atomic mass is 19.1. The quantitative estimate of drug-likeness (QED) is 0.341. The van der Waals surface area contributed by atoms with Gasteiger partial charge in [-0.05, 0) is 78.3 Å². The number of hydrogen-bond acceptors (Lipinski definition) is 5. The van der Waals surface area contributed by atoms with Crippen molar-refractivity contribution in [2.45, 2.75) is 26.4 Å². The third kappa shape index (κ3) is 4.61. The van der Waals surface area contributed by atoms with Crippen molar-refractivity contribution in [2.75, 3.05) is 6.61 Å². The first-order valence-corrected chi connectivity index (χ1v) is 11.1. The van der Waals surface area contributed by atoms with Crippen molar-refractivity contribution in [3.05, 3.63) is 83.2 Å². The molecule has 1 fully saturated rings. The van der Waals surface area contributed by atoms with Crippen LogP contribution in [0.4, 0.5) is 4.39 Å². The van der Waals surface area contributed by atoms with Crippen LogP contribution in [-0.4, -0.2) is 27.8 Å². The number of aromatic carboxylic acids is 1. The lowest BCUT2D eigenvalue weighted by Crippen LogP contribution is -2.00. The molecule has 1 heterocycles. The largest absolute Gasteiger partial charge is 0.478 e. The van der Waals surface area contributed by atoms with E-state index in [1.54, 1.807) is 0 Å². The van der Waals surface area contributed by atoms with Gasteiger partial charge in [0.25, 0.3) is 5.89 Å². The summed E-state index contributed by atoms with van der Waals surface area (Å²) in [6, 6.07) is 17.9. The summed E-state index contributed by atoms with van der Waals surface area (Å²) in [5, 5.41) is 13.0. The Labute approximate surface area is 196 Å². The molecule has 1 N–H and O–H groups in total. The first kappa shape index (κ1) is 22.0. The number of ether oxygens (including phenoxy) is 1. The van der Waals surface area contributed by atoms with Crippen molar-refractivity contribution in [3.63, 3.8) is 0 Å². The fourth-order valence-corrected chi connectivity index (χ4v) is 3.89. The Hall–Kier alpha value is -3.84. The Morgan fingerprint density at radius 2 is 1.88 bits per heavy atom. The van der Waals surface area contributed by atoms with E-state index in [9.17, 15) is 9.18 Å². The molecule has 0 radical (unpaired) electrons. The SMILES string of the molecule is Cc1ccccc1-c1ccc(-c2nc(-c3ccc(C(=O)O)c(F)c3)no2)cc1COCC1CC1. The first-order valence-electron chi connectivity index (χ1n) is 11.1. The Bertz CT molecular complexity index is 1360. The van der Waals surface area contributed by atoms with Crippen molar-refractivity contribution >= 4 is 5.97 Å². The van der Waals surface area contributed by atoms with Crippen LogP contribution in [0.15, 0.2) is 65.2 Å². The van der Waals surface area contributed by atoms with Crippen molar-refractivity contribution in [3.8, 4) is 34.0 Å². The van der Waals surface area contributed by atoms with Gasteiger partial charge in [0.1, 0.15) is 5.82 Å². The number of carbonyl (C=O) groups is 1. The molecule has 0 bridgehead atoms. The average molecular weight is 458 g/mol. The number of hydrogen-bond donors (Lipinski definition) is 1. The number of carboxylic acid groups (broad SMARTS) is 1. The van der Waals surface area contributed by atoms with Gasteiger partial charge >= 0.3 is 5.97 Å². The highest BCUT2D eigenvalue weighted by molar-refractivity contribution is 5.88. The molecule has 0 atom stereocenters. The topological polar surface area (TPSA) is 85.5 Å². The maximum absolute atomic E-state index is 14.1. The third-order valence-electron chi connectivity index (χ3n) is 5.98. The highest BCUT2D eigenvalue weighted by Crippen LogP contribution is 2.33. The molecular formula is C27H23FN2O4. The Morgan fingerprint density at radius 3 is 2.62 bits per heavy atom. The molecular weight excluding hydrogens is 435 g/mol. The fourth-order valence-electron chi connectivity index (χ4n) is 3.89. The van der Waals surface area contributed by atoms with Crippen LogP contribution in [0.3, 0.4) is 0 Å². The molecule has 0 amide bonds. The lowest BCUT2D eigenvalue weighted by Gasteiger charge is -2.13. The number of aromatic nitrogens is 2. The predicted octanol–water partition coefficient (Wildman–Crippen LogP) is 6.14. The zero-order chi connectivity index (χ0) is 23.7. The van der Waals surface area contributed by atoms with E-state index in [1.807, 2.05) is 30.3 Å². The Kier molecular flexibility index (Phi) is 5.94. The van der Waals surface area contributed by atoms with Crippen LogP contribution >= 0.6 is 0 Å². The Balaban J connectivity index is 1.47. The van der Waals surface area contributed by atoms with Gasteiger partial charge in [0.15, 0.2) is 0 Å². The summed E-state index contributed by atoms with van der Waals surface area (Å²) >= 11 is 0. The van der Waals surface area contributed by atoms with E-state index in [4.69, 9.17) is 14.4 Å². The van der Waals surface area contributed by atoms with E-state index < -0.39 is 17.3 Å². The lowest BCUT2D eigenvalue weighted by atomic mass is 9.94. The molecule has 3 aromatic carbocycles. The summed E-state index contributed by atoms with van der Waals surface area (Å²) in [6.07, 6.45) is 2.45. The summed E-state index contributed by atoms with van der Waals surface area (Å²) in [5.74, 6) is -1.05. The smallest absolute Gasteiger partial charge is 0.338 e. The van der Waals surface area contributed by atoms with Gasteiger partial charge in [0.2, 0.25) is 5.82 Å². The van der Waals surface area contributed by atoms with E-state index in [2.05, 4.69) is 29.2 Å². The number of halogens is 1. The molecule has 7 heteroatoms. The summed E-state index contributed by atoms with van der Waals surface area (Å²) in [4.78, 5) is 15.5. The maximum atomic E-state index is 14.1. The zero-order valence-corrected chi connectivity index (χ0v) is 18.6. The van der Waals surface area contributed by atoms with Gasteiger partial charge in [-0.3, -0.25) is 0 Å². The second kappa shape index (κ2) is 9.19. The van der Waals surface area contributed by atoms with Gasteiger partial charge in [-0.2, -0.15) is 4.98 Å². The van der Waals surface area contributed by atoms with E-state index in [0.29, 0.717) is 18.1 Å². The molecule has 1 aliphatic carbocycles. The van der Waals surface area contributed by atoms with Crippen LogP contribution in [0.1, 0.15) is 34.3 Å². The number of nitrogens with zero attached hydrogens (tertiary/aromatic N) is 2. The van der Waals surface area contributed by atoms with E-state index in [1.165, 1.54) is 30.5 Å². The molecule has 0 unspecified atom stereocenters. The lowest BCUT2D eigenvalue weighted by molar-refractivity contribution is 0.0692. The molecule has 4 aromatic rings. The molecule has 1 saturated carbocycles. The molecule has 5 rings (SSSR count). The minimum absolute atomic E-state index is 0.181. The van der Waals surface area contributed by atoms with Gasteiger partial charge in [-0.25, -0.2) is 9.18 Å². The number of carboxylic acids is 1. The van der Waals surface area contributed by atoms with Crippen LogP contribution in [0.2, 0.25) is 0 Å². The summed E-state index contributed by atoms with van der Waals surface area (Å²) in [7, 11) is 0. The van der Waals surface area contributed by atoms with Crippen molar-refractivity contribution in [2.24, 2.45) is 5.92 Å². The monoisotopic (exact) mass is 458 g/mol. The van der Waals surface area contributed by atoms with Crippen LogP contribution in [0, 0.1) is 18.7 Å². The summed E-state index contributed by atoms with van der Waals surface area (Å²) in [5.41, 5.74) is 5.07. The van der Waals surface area contributed by atoms with Gasteiger partial charge in [-0.15, -0.1) is 0 Å². The van der Waals surface area contributed by atoms with Crippen molar-refractivity contribution in [1.29, 1.82) is 0 Å². The van der Waals surface area contributed by atoms with Gasteiger partial charge in [0.05, 0.1) is 12.2 Å². The van der Waals surface area contributed by atoms with Crippen LogP contribution in [0.25, 0.3) is 34.0 Å². The third-order valence-corrected chi connectivity index (χ3v) is 5.98. The minimum Gasteiger partial charge on any atom is -0.478 e. The molecule has 1 aliphatic rings. The average Bonchev–Trinajstić information content (AvgIpc) is 3.52. The van der Waals surface area contributed by atoms with Crippen molar-refractivity contribution < 1.29 is 23.6 Å². The molecule has 0 spiro atoms. The highest BCUT2D eigenvalue weighted by Gasteiger charge is 2.22. The molecule has 172 valence electrons. The Morgan fingerprint density at radius 1 is 1.09 bits per heavy atom. The second-order valence-electron chi connectivity index (χ2n) is 8.57. The molecule has 1 aromatic heterocycles. The minimum atomic E-state index is -1.33. The number of benzene rings is 3. The molecule has 34 heavy (non-hydrogen) atoms. The standard InChI is InChI=1S/C27H23FN2O4/c1-16-4-2-3-5-21(16)22-10-9-19(12-20(22)15-33-14-17-6-7-17)26-29-25(30-34-26)18-8-11-23(27(31)32)24(28)13-18/h2-5,8-13,17H,6-7,14-15H2,1H3,(H,31,32).